The Bertz CT molecular complexity index is 1150. The summed E-state index contributed by atoms with van der Waals surface area (Å²) in [6, 6.07) is 11.0. The molecule has 2 radical (unpaired) electrons. The van der Waals surface area contributed by atoms with Crippen molar-refractivity contribution in [2.24, 2.45) is 0 Å². The molecule has 0 aliphatic heterocycles. The van der Waals surface area contributed by atoms with Gasteiger partial charge in [-0.05, 0) is 42.0 Å². The predicted octanol–water partition coefficient (Wildman–Crippen LogP) is 2.29. The Hall–Kier alpha value is 0.130. The maximum absolute atomic E-state index is 13.2. The summed E-state index contributed by atoms with van der Waals surface area (Å²) in [5, 5.41) is 14.5. The summed E-state index contributed by atoms with van der Waals surface area (Å²) in [5.41, 5.74) is -1.97. The molecule has 15 heteroatoms. The zero-order valence-corrected chi connectivity index (χ0v) is 23.5. The molecule has 0 saturated carbocycles. The zero-order valence-electron chi connectivity index (χ0n) is 16.9. The van der Waals surface area contributed by atoms with E-state index in [2.05, 4.69) is 5.10 Å². The molecule has 0 aliphatic carbocycles. The Morgan fingerprint density at radius 2 is 1.44 bits per heavy atom. The van der Waals surface area contributed by atoms with Crippen molar-refractivity contribution >= 4 is 85.9 Å². The smallest absolute Gasteiger partial charge is 0.355 e. The summed E-state index contributed by atoms with van der Waals surface area (Å²) in [7, 11) is -10.6. The van der Waals surface area contributed by atoms with Crippen LogP contribution in [-0.4, -0.2) is 99.4 Å². The van der Waals surface area contributed by atoms with E-state index in [4.69, 9.17) is 11.6 Å². The minimum atomic E-state index is -5.32. The second-order valence-corrected chi connectivity index (χ2v) is 10.3. The summed E-state index contributed by atoms with van der Waals surface area (Å²) in [4.78, 5) is 38.3. The minimum absolute atomic E-state index is 0. The summed E-state index contributed by atoms with van der Waals surface area (Å²) in [6.07, 6.45) is 1.35. The van der Waals surface area contributed by atoms with Gasteiger partial charge in [0.1, 0.15) is 11.5 Å². The molecule has 0 aliphatic rings. The van der Waals surface area contributed by atoms with Gasteiger partial charge in [0.05, 0.1) is 11.4 Å². The molecule has 0 fully saturated rings. The Kier molecular flexibility index (Phi) is 11.0. The quantitative estimate of drug-likeness (QED) is 0.244. The number of aliphatic hydroxyl groups excluding tert-OH is 1. The maximum Gasteiger partial charge on any atom is 0.355 e. The molecule has 5 N–H and O–H groups in total. The average Bonchev–Trinajstić information content (AvgIpc) is 3.05. The van der Waals surface area contributed by atoms with Gasteiger partial charge >= 0.3 is 15.2 Å². The van der Waals surface area contributed by atoms with Gasteiger partial charge in [-0.25, -0.2) is 9.07 Å². The molecular formula is C17H16ClFN2Na2O7P2. The first-order valence-electron chi connectivity index (χ1n) is 8.28. The van der Waals surface area contributed by atoms with Gasteiger partial charge in [0.2, 0.25) is 0 Å². The van der Waals surface area contributed by atoms with Crippen LogP contribution in [0.2, 0.25) is 5.02 Å². The number of aromatic nitrogens is 2. The first-order valence-corrected chi connectivity index (χ1v) is 12.0. The molecule has 1 heterocycles. The van der Waals surface area contributed by atoms with E-state index in [1.807, 2.05) is 0 Å². The van der Waals surface area contributed by atoms with Crippen molar-refractivity contribution in [3.8, 4) is 16.8 Å². The van der Waals surface area contributed by atoms with Crippen LogP contribution >= 0.6 is 26.8 Å². The van der Waals surface area contributed by atoms with Crippen molar-refractivity contribution in [3.05, 3.63) is 71.3 Å². The summed E-state index contributed by atoms with van der Waals surface area (Å²) in [6.45, 7) is 0. The predicted molar refractivity (Wildman–Crippen MR) is 118 cm³/mol. The number of aliphatic hydroxyl groups is 1. The van der Waals surface area contributed by atoms with E-state index in [-0.39, 0.29) is 64.7 Å². The topological polar surface area (TPSA) is 153 Å². The molecule has 2 aromatic carbocycles. The van der Waals surface area contributed by atoms with Gasteiger partial charge in [0.15, 0.2) is 5.85 Å². The molecule has 0 spiro atoms. The van der Waals surface area contributed by atoms with Gasteiger partial charge in [-0.1, -0.05) is 23.7 Å². The number of nitrogens with zero attached hydrogens (tertiary/aromatic N) is 2. The molecule has 9 nitrogen and oxygen atoms in total. The summed E-state index contributed by atoms with van der Waals surface area (Å²) in [5.74, 6) is -3.23. The van der Waals surface area contributed by atoms with E-state index in [1.54, 1.807) is 0 Å². The molecule has 2 atom stereocenters. The fourth-order valence-electron chi connectivity index (χ4n) is 2.84. The third-order valence-corrected chi connectivity index (χ3v) is 6.98. The monoisotopic (exact) mass is 522 g/mol. The first-order chi connectivity index (χ1) is 13.9. The van der Waals surface area contributed by atoms with E-state index >= 15 is 0 Å². The molecule has 0 bridgehead atoms. The van der Waals surface area contributed by atoms with Crippen molar-refractivity contribution < 1.29 is 38.2 Å². The van der Waals surface area contributed by atoms with Crippen molar-refractivity contribution in [1.29, 1.82) is 0 Å². The molecular weight excluding hydrogens is 507 g/mol. The fourth-order valence-corrected chi connectivity index (χ4v) is 5.38. The number of rotatable bonds is 6. The van der Waals surface area contributed by atoms with Gasteiger partial charge in [-0.3, -0.25) is 9.13 Å². The minimum Gasteiger partial charge on any atom is -0.379 e. The molecule has 32 heavy (non-hydrogen) atoms. The van der Waals surface area contributed by atoms with Crippen LogP contribution in [0, 0.1) is 5.82 Å². The Morgan fingerprint density at radius 3 is 1.91 bits per heavy atom. The Morgan fingerprint density at radius 1 is 0.906 bits per heavy atom. The number of hydrogen-bond donors (Lipinski definition) is 5. The standard InChI is InChI=1S/C17H16ClFN2O7P2.2Na/c18-11-3-1-10(2-4-11)14-9-21(13-7-5-12(19)6-8-13)20-15(14)16(29(23,24)25)17(22)30(26,27)28;;/h1-9,16-17,22H,(H2,23,24,25)(H2,26,27,28);;. The maximum atomic E-state index is 13.2. The van der Waals surface area contributed by atoms with Crippen LogP contribution in [0.15, 0.2) is 54.7 Å². The number of hydrogen-bond acceptors (Lipinski definition) is 4. The number of halogens is 2. The second-order valence-electron chi connectivity index (χ2n) is 6.39. The van der Waals surface area contributed by atoms with Gasteiger partial charge < -0.3 is 24.7 Å². The molecule has 162 valence electrons. The van der Waals surface area contributed by atoms with Crippen LogP contribution in [-0.2, 0) is 9.13 Å². The van der Waals surface area contributed by atoms with E-state index in [0.29, 0.717) is 16.3 Å². The molecule has 0 amide bonds. The molecule has 1 aromatic heterocycles. The van der Waals surface area contributed by atoms with Gasteiger partial charge in [-0.2, -0.15) is 5.10 Å². The third kappa shape index (κ3) is 7.07. The summed E-state index contributed by atoms with van der Waals surface area (Å²) >= 11 is 5.88. The normalized spacial score (nSPS) is 13.6. The molecule has 3 rings (SSSR count). The largest absolute Gasteiger partial charge is 0.379 e. The van der Waals surface area contributed by atoms with E-state index in [9.17, 15) is 38.2 Å². The van der Waals surface area contributed by atoms with Crippen LogP contribution < -0.4 is 0 Å². The van der Waals surface area contributed by atoms with Crippen LogP contribution in [0.1, 0.15) is 11.4 Å². The van der Waals surface area contributed by atoms with Crippen LogP contribution in [0.5, 0.6) is 0 Å². The van der Waals surface area contributed by atoms with Gasteiger partial charge in [0, 0.05) is 75.9 Å². The van der Waals surface area contributed by atoms with Crippen LogP contribution in [0.3, 0.4) is 0 Å². The van der Waals surface area contributed by atoms with Crippen molar-refractivity contribution in [2.45, 2.75) is 11.5 Å². The van der Waals surface area contributed by atoms with E-state index in [0.717, 1.165) is 16.8 Å². The second kappa shape index (κ2) is 11.7. The summed E-state index contributed by atoms with van der Waals surface area (Å²) < 4.78 is 38.1. The van der Waals surface area contributed by atoms with Crippen molar-refractivity contribution in [3.63, 3.8) is 0 Å². The SMILES string of the molecule is O=P(O)(O)C(O)C(c1nn(-c2ccc(F)cc2)cc1-c1ccc(Cl)cc1)P(=O)(O)O.[Na].[Na]. The number of benzene rings is 2. The van der Waals surface area contributed by atoms with Gasteiger partial charge in [0.25, 0.3) is 0 Å². The van der Waals surface area contributed by atoms with Gasteiger partial charge in [-0.15, -0.1) is 0 Å². The zero-order chi connectivity index (χ0) is 22.3. The van der Waals surface area contributed by atoms with E-state index < -0.39 is 38.2 Å². The third-order valence-electron chi connectivity index (χ3n) is 4.26. The molecule has 3 aromatic rings. The van der Waals surface area contributed by atoms with Crippen molar-refractivity contribution in [1.82, 2.24) is 9.78 Å². The Labute approximate surface area is 231 Å². The Balaban J connectivity index is 0.00000256. The first kappa shape index (κ1) is 30.2. The van der Waals surface area contributed by atoms with Crippen LogP contribution in [0.4, 0.5) is 4.39 Å². The molecule has 0 saturated heterocycles. The van der Waals surface area contributed by atoms with Crippen LogP contribution in [0.25, 0.3) is 16.8 Å². The van der Waals surface area contributed by atoms with Crippen molar-refractivity contribution in [2.75, 3.05) is 0 Å². The fraction of sp³-hybridized carbons (Fsp3) is 0.118. The molecule has 2 unspecified atom stereocenters. The van der Waals surface area contributed by atoms with E-state index in [1.165, 1.54) is 42.6 Å². The average molecular weight is 523 g/mol.